The Labute approximate surface area is 142 Å². The first-order chi connectivity index (χ1) is 10.9. The van der Waals surface area contributed by atoms with Gasteiger partial charge in [0.15, 0.2) is 15.6 Å². The van der Waals surface area contributed by atoms with Crippen LogP contribution >= 0.6 is 11.6 Å². The van der Waals surface area contributed by atoms with Gasteiger partial charge < -0.3 is 0 Å². The molecule has 0 aliphatic rings. The van der Waals surface area contributed by atoms with Crippen LogP contribution in [0.15, 0.2) is 54.6 Å². The maximum absolute atomic E-state index is 12.6. The second-order valence-electron chi connectivity index (χ2n) is 5.26. The van der Waals surface area contributed by atoms with E-state index in [9.17, 15) is 13.2 Å². The van der Waals surface area contributed by atoms with Crippen LogP contribution in [0, 0.1) is 0 Å². The van der Waals surface area contributed by atoms with Gasteiger partial charge in [0.25, 0.3) is 0 Å². The highest BCUT2D eigenvalue weighted by Crippen LogP contribution is 2.32. The van der Waals surface area contributed by atoms with Crippen molar-refractivity contribution in [3.63, 3.8) is 0 Å². The smallest absolute Gasteiger partial charge is 0.207 e. The third kappa shape index (κ3) is 3.33. The molecule has 2 rings (SSSR count). The molecule has 0 amide bonds. The lowest BCUT2D eigenvalue weighted by Crippen LogP contribution is -2.41. The third-order valence-corrected chi connectivity index (χ3v) is 7.29. The van der Waals surface area contributed by atoms with Crippen molar-refractivity contribution >= 4 is 27.2 Å². The number of halogens is 1. The second kappa shape index (κ2) is 6.85. The van der Waals surface area contributed by atoms with Crippen LogP contribution in [0.25, 0.3) is 11.1 Å². The zero-order chi connectivity index (χ0) is 17.1. The highest BCUT2D eigenvalue weighted by Gasteiger charge is 2.46. The summed E-state index contributed by atoms with van der Waals surface area (Å²) in [6, 6.07) is 16.6. The average Bonchev–Trinajstić information content (AvgIpc) is 2.61. The Morgan fingerprint density at radius 1 is 0.957 bits per heavy atom. The van der Waals surface area contributed by atoms with E-state index in [0.717, 1.165) is 11.1 Å². The predicted molar refractivity (Wildman–Crippen MR) is 94.5 cm³/mol. The Bertz CT molecular complexity index is 783. The van der Waals surface area contributed by atoms with Gasteiger partial charge in [0.1, 0.15) is 0 Å². The lowest BCUT2D eigenvalue weighted by Gasteiger charge is -2.23. The van der Waals surface area contributed by atoms with E-state index in [-0.39, 0.29) is 12.2 Å². The standard InChI is InChI=1S/C18H19ClO3S/c1-3-18(19,23(21,22)4-2)17(20)16-12-10-15(11-13-16)14-8-6-5-7-9-14/h5-13H,3-4H2,1-2H3. The summed E-state index contributed by atoms with van der Waals surface area (Å²) in [6.07, 6.45) is 0.0317. The minimum atomic E-state index is -3.70. The molecular weight excluding hydrogens is 332 g/mol. The monoisotopic (exact) mass is 350 g/mol. The van der Waals surface area contributed by atoms with E-state index in [1.165, 1.54) is 6.92 Å². The van der Waals surface area contributed by atoms with Crippen molar-refractivity contribution in [1.82, 2.24) is 0 Å². The summed E-state index contributed by atoms with van der Waals surface area (Å²) in [4.78, 5) is 12.6. The van der Waals surface area contributed by atoms with Gasteiger partial charge >= 0.3 is 0 Å². The average molecular weight is 351 g/mol. The van der Waals surface area contributed by atoms with Gasteiger partial charge in [0.05, 0.1) is 0 Å². The molecule has 0 saturated carbocycles. The molecule has 0 fully saturated rings. The number of carbonyl (C=O) groups excluding carboxylic acids is 1. The third-order valence-electron chi connectivity index (χ3n) is 3.92. The van der Waals surface area contributed by atoms with Gasteiger partial charge in [-0.2, -0.15) is 0 Å². The van der Waals surface area contributed by atoms with E-state index in [1.807, 2.05) is 30.3 Å². The number of hydrogen-bond donors (Lipinski definition) is 0. The number of carbonyl (C=O) groups is 1. The highest BCUT2D eigenvalue weighted by atomic mass is 35.5. The van der Waals surface area contributed by atoms with E-state index in [0.29, 0.717) is 5.56 Å². The topological polar surface area (TPSA) is 51.2 Å². The summed E-state index contributed by atoms with van der Waals surface area (Å²) in [5.74, 6) is -0.735. The number of ketones is 1. The first-order valence-electron chi connectivity index (χ1n) is 7.47. The van der Waals surface area contributed by atoms with E-state index in [4.69, 9.17) is 11.6 Å². The fourth-order valence-electron chi connectivity index (χ4n) is 2.41. The summed E-state index contributed by atoms with van der Waals surface area (Å²) >= 11 is 6.22. The van der Waals surface area contributed by atoms with Crippen LogP contribution < -0.4 is 0 Å². The molecule has 0 saturated heterocycles. The molecule has 1 atom stereocenters. The van der Waals surface area contributed by atoms with Crippen molar-refractivity contribution < 1.29 is 13.2 Å². The zero-order valence-electron chi connectivity index (χ0n) is 13.1. The van der Waals surface area contributed by atoms with Gasteiger partial charge in [-0.15, -0.1) is 0 Å². The number of rotatable bonds is 6. The van der Waals surface area contributed by atoms with Crippen molar-refractivity contribution in [3.05, 3.63) is 60.2 Å². The summed E-state index contributed by atoms with van der Waals surface area (Å²) in [5.41, 5.74) is 2.29. The molecule has 0 aliphatic heterocycles. The van der Waals surface area contributed by atoms with Gasteiger partial charge in [-0.25, -0.2) is 8.42 Å². The number of benzene rings is 2. The summed E-state index contributed by atoms with van der Waals surface area (Å²) in [6.45, 7) is 3.10. The van der Waals surface area contributed by atoms with Crippen molar-refractivity contribution in [1.29, 1.82) is 0 Å². The summed E-state index contributed by atoms with van der Waals surface area (Å²) in [7, 11) is -3.70. The maximum Gasteiger partial charge on any atom is 0.207 e. The predicted octanol–water partition coefficient (Wildman–Crippen LogP) is 4.32. The van der Waals surface area contributed by atoms with Crippen LogP contribution in [0.4, 0.5) is 0 Å². The van der Waals surface area contributed by atoms with Crippen LogP contribution in [0.1, 0.15) is 30.6 Å². The highest BCUT2D eigenvalue weighted by molar-refractivity contribution is 7.95. The minimum Gasteiger partial charge on any atom is -0.291 e. The summed E-state index contributed by atoms with van der Waals surface area (Å²) in [5, 5.41) is 0. The molecule has 0 N–H and O–H groups in total. The van der Waals surface area contributed by atoms with E-state index < -0.39 is 19.8 Å². The van der Waals surface area contributed by atoms with Crippen molar-refractivity contribution in [2.75, 3.05) is 5.75 Å². The minimum absolute atomic E-state index is 0.0317. The normalized spacial score (nSPS) is 14.2. The maximum atomic E-state index is 12.6. The molecule has 0 bridgehead atoms. The number of sulfone groups is 1. The molecule has 1 unspecified atom stereocenters. The molecule has 0 aromatic heterocycles. The second-order valence-corrected chi connectivity index (χ2v) is 8.63. The largest absolute Gasteiger partial charge is 0.291 e. The molecule has 0 spiro atoms. The molecule has 5 heteroatoms. The molecule has 2 aromatic carbocycles. The van der Waals surface area contributed by atoms with Gasteiger partial charge in [0, 0.05) is 11.3 Å². The van der Waals surface area contributed by atoms with E-state index >= 15 is 0 Å². The molecule has 3 nitrogen and oxygen atoms in total. The van der Waals surface area contributed by atoms with Crippen LogP contribution in [0.3, 0.4) is 0 Å². The molecule has 23 heavy (non-hydrogen) atoms. The Hall–Kier alpha value is -1.65. The van der Waals surface area contributed by atoms with Crippen molar-refractivity contribution in [2.45, 2.75) is 24.5 Å². The first-order valence-corrected chi connectivity index (χ1v) is 9.50. The molecule has 0 radical (unpaired) electrons. The van der Waals surface area contributed by atoms with Crippen LogP contribution in [-0.2, 0) is 9.84 Å². The van der Waals surface area contributed by atoms with Crippen LogP contribution in [0.2, 0.25) is 0 Å². The van der Waals surface area contributed by atoms with Crippen LogP contribution in [0.5, 0.6) is 0 Å². The van der Waals surface area contributed by atoms with E-state index in [1.54, 1.807) is 31.2 Å². The van der Waals surface area contributed by atoms with Crippen molar-refractivity contribution in [3.8, 4) is 11.1 Å². The first kappa shape index (κ1) is 17.7. The number of alkyl halides is 1. The summed E-state index contributed by atoms with van der Waals surface area (Å²) < 4.78 is 22.5. The van der Waals surface area contributed by atoms with Gasteiger partial charge in [0.2, 0.25) is 4.21 Å². The van der Waals surface area contributed by atoms with Crippen LogP contribution in [-0.4, -0.2) is 24.2 Å². The lowest BCUT2D eigenvalue weighted by atomic mass is 10.0. The Morgan fingerprint density at radius 2 is 1.48 bits per heavy atom. The van der Waals surface area contributed by atoms with E-state index in [2.05, 4.69) is 0 Å². The Kier molecular flexibility index (Phi) is 5.27. The van der Waals surface area contributed by atoms with Gasteiger partial charge in [-0.05, 0) is 17.5 Å². The molecule has 0 heterocycles. The Morgan fingerprint density at radius 3 is 1.96 bits per heavy atom. The molecular formula is C18H19ClO3S. The molecule has 122 valence electrons. The molecule has 2 aromatic rings. The fraction of sp³-hybridized carbons (Fsp3) is 0.278. The van der Waals surface area contributed by atoms with Gasteiger partial charge in [-0.1, -0.05) is 80.0 Å². The fourth-order valence-corrected chi connectivity index (χ4v) is 4.14. The Balaban J connectivity index is 2.37. The number of hydrogen-bond acceptors (Lipinski definition) is 3. The zero-order valence-corrected chi connectivity index (χ0v) is 14.7. The molecule has 0 aliphatic carbocycles. The lowest BCUT2D eigenvalue weighted by molar-refractivity contribution is 0.0970. The quantitative estimate of drug-likeness (QED) is 0.576. The SMILES string of the molecule is CCC(Cl)(C(=O)c1ccc(-c2ccccc2)cc1)S(=O)(=O)CC. The van der Waals surface area contributed by atoms with Gasteiger partial charge in [-0.3, -0.25) is 4.79 Å². The number of Topliss-reactive ketones (excluding diaryl/α,β-unsaturated/α-hetero) is 1. The van der Waals surface area contributed by atoms with Crippen molar-refractivity contribution in [2.24, 2.45) is 0 Å².